The maximum atomic E-state index is 13.8. The third-order valence-electron chi connectivity index (χ3n) is 3.83. The van der Waals surface area contributed by atoms with Gasteiger partial charge in [-0.3, -0.25) is 4.79 Å². The number of nitrogens with zero attached hydrogens (tertiary/aromatic N) is 1. The Balaban J connectivity index is 2.04. The first kappa shape index (κ1) is 14.7. The number of thiazole rings is 1. The van der Waals surface area contributed by atoms with Crippen LogP contribution in [0.15, 0.2) is 59.5 Å². The van der Waals surface area contributed by atoms with E-state index in [9.17, 15) is 9.18 Å². The van der Waals surface area contributed by atoms with Gasteiger partial charge in [-0.25, -0.2) is 4.39 Å². The molecule has 0 saturated heterocycles. The topological polar surface area (TPSA) is 37.8 Å². The number of rotatable bonds is 2. The molecule has 118 valence electrons. The van der Waals surface area contributed by atoms with Gasteiger partial charge in [-0.15, -0.1) is 11.3 Å². The van der Waals surface area contributed by atoms with Crippen LogP contribution in [0.4, 0.5) is 4.39 Å². The molecule has 0 aliphatic carbocycles. The van der Waals surface area contributed by atoms with Crippen molar-refractivity contribution in [2.24, 2.45) is 0 Å². The predicted octanol–water partition coefficient (Wildman–Crippen LogP) is 2.76. The van der Waals surface area contributed by atoms with Crippen molar-refractivity contribution in [1.82, 2.24) is 9.55 Å². The minimum absolute atomic E-state index is 0.160. The molecule has 24 heavy (non-hydrogen) atoms. The molecule has 5 heteroatoms. The highest BCUT2D eigenvalue weighted by atomic mass is 32.1. The molecule has 0 aliphatic rings. The summed E-state index contributed by atoms with van der Waals surface area (Å²) in [5.74, 6) is -0.293. The molecule has 2 aromatic heterocycles. The average Bonchev–Trinajstić information content (AvgIpc) is 3.08. The Kier molecular flexibility index (Phi) is 3.43. The van der Waals surface area contributed by atoms with Crippen molar-refractivity contribution in [1.29, 1.82) is 0 Å². The number of halogens is 1. The summed E-state index contributed by atoms with van der Waals surface area (Å²) in [6.45, 7) is 3.76. The average molecular weight is 336 g/mol. The number of nitrogens with one attached hydrogen (secondary N) is 1. The van der Waals surface area contributed by atoms with Crippen molar-refractivity contribution >= 4 is 34.9 Å². The van der Waals surface area contributed by atoms with Gasteiger partial charge in [0.15, 0.2) is 0 Å². The Hall–Kier alpha value is -2.92. The predicted molar refractivity (Wildman–Crippen MR) is 96.5 cm³/mol. The van der Waals surface area contributed by atoms with E-state index in [1.54, 1.807) is 6.07 Å². The number of H-pyrrole nitrogens is 1. The highest BCUT2D eigenvalue weighted by Gasteiger charge is 2.10. The summed E-state index contributed by atoms with van der Waals surface area (Å²) < 4.78 is 16.9. The smallest absolute Gasteiger partial charge is 0.266 e. The first-order valence-corrected chi connectivity index (χ1v) is 8.19. The summed E-state index contributed by atoms with van der Waals surface area (Å²) in [6.07, 6.45) is 3.74. The van der Waals surface area contributed by atoms with Crippen LogP contribution in [0.25, 0.3) is 29.2 Å². The summed E-state index contributed by atoms with van der Waals surface area (Å²) in [6, 6.07) is 14.4. The van der Waals surface area contributed by atoms with Crippen LogP contribution in [-0.4, -0.2) is 9.55 Å². The van der Waals surface area contributed by atoms with Gasteiger partial charge >= 0.3 is 0 Å². The van der Waals surface area contributed by atoms with E-state index < -0.39 is 0 Å². The van der Waals surface area contributed by atoms with Crippen molar-refractivity contribution < 1.29 is 4.39 Å². The number of hydrogen-bond donors (Lipinski definition) is 1. The fraction of sp³-hybridized carbons (Fsp3) is 0. The first-order chi connectivity index (χ1) is 11.6. The van der Waals surface area contributed by atoms with Gasteiger partial charge in [0.1, 0.15) is 5.82 Å². The molecule has 4 rings (SSSR count). The zero-order valence-corrected chi connectivity index (χ0v) is 13.4. The van der Waals surface area contributed by atoms with Crippen LogP contribution in [-0.2, 0) is 0 Å². The standard InChI is InChI=1S/C19H13FN2OS/c1-12-21-19(23)18(24-12)9-13-11-22(15-5-3-2-4-6-15)17-10-14(20)7-8-16(13)17/h2-11H,1H2,(H,21,23)/b18-9-. The van der Waals surface area contributed by atoms with E-state index in [0.717, 1.165) is 22.2 Å². The Labute approximate surface area is 140 Å². The third kappa shape index (κ3) is 2.49. The summed E-state index contributed by atoms with van der Waals surface area (Å²) in [7, 11) is 0. The molecular formula is C19H13FN2OS. The second-order valence-corrected chi connectivity index (χ2v) is 6.58. The van der Waals surface area contributed by atoms with E-state index in [1.807, 2.05) is 47.2 Å². The fourth-order valence-electron chi connectivity index (χ4n) is 2.77. The molecule has 2 heterocycles. The third-order valence-corrected chi connectivity index (χ3v) is 4.70. The normalized spacial score (nSPS) is 12.1. The molecule has 0 saturated carbocycles. The second kappa shape index (κ2) is 5.62. The number of fused-ring (bicyclic) bond motifs is 1. The fourth-order valence-corrected chi connectivity index (χ4v) is 3.51. The second-order valence-electron chi connectivity index (χ2n) is 5.44. The van der Waals surface area contributed by atoms with Crippen LogP contribution in [0.2, 0.25) is 0 Å². The molecule has 1 N–H and O–H groups in total. The number of aromatic nitrogens is 2. The molecule has 2 aromatic carbocycles. The zero-order valence-electron chi connectivity index (χ0n) is 12.6. The minimum atomic E-state index is -0.293. The van der Waals surface area contributed by atoms with Crippen LogP contribution < -0.4 is 14.8 Å². The maximum Gasteiger partial charge on any atom is 0.266 e. The van der Waals surface area contributed by atoms with Gasteiger partial charge < -0.3 is 9.55 Å². The lowest BCUT2D eigenvalue weighted by atomic mass is 10.1. The maximum absolute atomic E-state index is 13.8. The van der Waals surface area contributed by atoms with E-state index in [4.69, 9.17) is 0 Å². The van der Waals surface area contributed by atoms with Gasteiger partial charge in [0.2, 0.25) is 0 Å². The molecule has 0 fully saturated rings. The number of para-hydroxylation sites is 1. The van der Waals surface area contributed by atoms with E-state index in [0.29, 0.717) is 9.20 Å². The molecule has 3 nitrogen and oxygen atoms in total. The van der Waals surface area contributed by atoms with Crippen LogP contribution in [0.1, 0.15) is 5.56 Å². The van der Waals surface area contributed by atoms with Crippen LogP contribution in [0.3, 0.4) is 0 Å². The summed E-state index contributed by atoms with van der Waals surface area (Å²) >= 11 is 1.31. The van der Waals surface area contributed by atoms with Crippen molar-refractivity contribution in [3.8, 4) is 5.69 Å². The molecule has 0 aliphatic heterocycles. The molecule has 0 atom stereocenters. The van der Waals surface area contributed by atoms with Gasteiger partial charge in [-0.2, -0.15) is 0 Å². The van der Waals surface area contributed by atoms with Crippen LogP contribution in [0, 0.1) is 5.82 Å². The van der Waals surface area contributed by atoms with Crippen LogP contribution in [0.5, 0.6) is 0 Å². The Morgan fingerprint density at radius 1 is 1.17 bits per heavy atom. The highest BCUT2D eigenvalue weighted by Crippen LogP contribution is 2.26. The lowest BCUT2D eigenvalue weighted by Gasteiger charge is -2.04. The van der Waals surface area contributed by atoms with E-state index in [2.05, 4.69) is 11.6 Å². The number of aromatic amines is 1. The molecule has 0 radical (unpaired) electrons. The van der Waals surface area contributed by atoms with Gasteiger partial charge in [-0.1, -0.05) is 24.8 Å². The summed E-state index contributed by atoms with van der Waals surface area (Å²) in [5, 5.41) is 0.888. The lowest BCUT2D eigenvalue weighted by Crippen LogP contribution is -2.19. The van der Waals surface area contributed by atoms with Gasteiger partial charge in [0.25, 0.3) is 5.56 Å². The van der Waals surface area contributed by atoms with Gasteiger partial charge in [0.05, 0.1) is 14.7 Å². The largest absolute Gasteiger partial charge is 0.316 e. The van der Waals surface area contributed by atoms with Gasteiger partial charge in [-0.05, 0) is 36.4 Å². The molecule has 0 amide bonds. The summed E-state index contributed by atoms with van der Waals surface area (Å²) in [5.41, 5.74) is 2.40. The van der Waals surface area contributed by atoms with E-state index in [1.165, 1.54) is 23.5 Å². The molecule has 0 bridgehead atoms. The van der Waals surface area contributed by atoms with E-state index >= 15 is 0 Å². The quantitative estimate of drug-likeness (QED) is 0.600. The molecule has 0 unspecified atom stereocenters. The van der Waals surface area contributed by atoms with Crippen LogP contribution >= 0.6 is 11.3 Å². The molecule has 4 aromatic rings. The Bertz CT molecular complexity index is 1200. The summed E-state index contributed by atoms with van der Waals surface area (Å²) in [4.78, 5) is 14.6. The Morgan fingerprint density at radius 3 is 2.67 bits per heavy atom. The molecular weight excluding hydrogens is 323 g/mol. The monoisotopic (exact) mass is 336 g/mol. The number of benzene rings is 2. The van der Waals surface area contributed by atoms with E-state index in [-0.39, 0.29) is 11.4 Å². The SMILES string of the molecule is C=c1[nH]c(=O)/c(=C/c2cn(-c3ccccc3)c3cc(F)ccc23)s1. The minimum Gasteiger partial charge on any atom is -0.316 e. The van der Waals surface area contributed by atoms with Crippen molar-refractivity contribution in [3.05, 3.63) is 85.7 Å². The van der Waals surface area contributed by atoms with Crippen molar-refractivity contribution in [2.75, 3.05) is 0 Å². The number of hydrogen-bond acceptors (Lipinski definition) is 2. The van der Waals surface area contributed by atoms with Crippen molar-refractivity contribution in [2.45, 2.75) is 0 Å². The van der Waals surface area contributed by atoms with Gasteiger partial charge in [0, 0.05) is 22.8 Å². The lowest BCUT2D eigenvalue weighted by molar-refractivity contribution is 0.629. The first-order valence-electron chi connectivity index (χ1n) is 7.38. The zero-order chi connectivity index (χ0) is 16.7. The van der Waals surface area contributed by atoms with Crippen molar-refractivity contribution in [3.63, 3.8) is 0 Å². The Morgan fingerprint density at radius 2 is 1.96 bits per heavy atom. The highest BCUT2D eigenvalue weighted by molar-refractivity contribution is 7.07. The molecule has 0 spiro atoms.